The Balaban J connectivity index is 1.50. The van der Waals surface area contributed by atoms with Crippen molar-refractivity contribution in [3.63, 3.8) is 0 Å². The fraction of sp³-hybridized carbons (Fsp3) is 0.0417. The largest absolute Gasteiger partial charge is 0.297 e. The van der Waals surface area contributed by atoms with E-state index in [-0.39, 0.29) is 5.57 Å². The van der Waals surface area contributed by atoms with Crippen LogP contribution in [0.2, 0.25) is 0 Å². The molecular formula is C24H17N3OS. The van der Waals surface area contributed by atoms with E-state index in [0.29, 0.717) is 5.13 Å². The van der Waals surface area contributed by atoms with Crippen LogP contribution in [0.25, 0.3) is 16.8 Å². The molecule has 0 aliphatic rings. The van der Waals surface area contributed by atoms with Crippen LogP contribution >= 0.6 is 11.3 Å². The summed E-state index contributed by atoms with van der Waals surface area (Å²) in [6.07, 6.45) is 4.08. The maximum Gasteiger partial charge on any atom is 0.268 e. The number of benzene rings is 3. The van der Waals surface area contributed by atoms with Gasteiger partial charge in [-0.1, -0.05) is 72.8 Å². The van der Waals surface area contributed by atoms with E-state index in [0.717, 1.165) is 16.9 Å². The van der Waals surface area contributed by atoms with Crippen LogP contribution in [0, 0.1) is 11.3 Å². The third kappa shape index (κ3) is 4.40. The van der Waals surface area contributed by atoms with Gasteiger partial charge in [0.25, 0.3) is 5.91 Å². The van der Waals surface area contributed by atoms with Crippen LogP contribution in [0.1, 0.15) is 16.0 Å². The highest BCUT2D eigenvalue weighted by Gasteiger charge is 2.12. The van der Waals surface area contributed by atoms with Gasteiger partial charge in [-0.15, -0.1) is 11.3 Å². The van der Waals surface area contributed by atoms with Gasteiger partial charge in [-0.25, -0.2) is 4.98 Å². The zero-order valence-electron chi connectivity index (χ0n) is 15.5. The van der Waals surface area contributed by atoms with Gasteiger partial charge in [-0.05, 0) is 28.0 Å². The number of nitrogens with one attached hydrogen (secondary N) is 1. The normalized spacial score (nSPS) is 11.2. The molecule has 140 valence electrons. The lowest BCUT2D eigenvalue weighted by Gasteiger charge is -2.04. The predicted molar refractivity (Wildman–Crippen MR) is 118 cm³/mol. The smallest absolute Gasteiger partial charge is 0.268 e. The quantitative estimate of drug-likeness (QED) is 0.362. The molecule has 0 saturated heterocycles. The minimum absolute atomic E-state index is 0.0435. The van der Waals surface area contributed by atoms with E-state index in [4.69, 9.17) is 0 Å². The van der Waals surface area contributed by atoms with Crippen molar-refractivity contribution in [2.75, 3.05) is 5.32 Å². The molecule has 29 heavy (non-hydrogen) atoms. The summed E-state index contributed by atoms with van der Waals surface area (Å²) < 4.78 is 0. The summed E-state index contributed by atoms with van der Waals surface area (Å²) in [5.41, 5.74) is 2.06. The minimum atomic E-state index is -0.456. The maximum atomic E-state index is 12.5. The number of hydrogen-bond acceptors (Lipinski definition) is 4. The third-order valence-corrected chi connectivity index (χ3v) is 5.41. The number of anilines is 1. The van der Waals surface area contributed by atoms with Crippen LogP contribution in [0.5, 0.6) is 0 Å². The molecule has 1 aromatic heterocycles. The summed E-state index contributed by atoms with van der Waals surface area (Å²) in [6.45, 7) is 0. The molecule has 0 aliphatic carbocycles. The molecule has 4 aromatic rings. The second-order valence-electron chi connectivity index (χ2n) is 6.48. The molecule has 4 nitrogen and oxygen atoms in total. The first-order valence-electron chi connectivity index (χ1n) is 9.12. The maximum absolute atomic E-state index is 12.5. The average molecular weight is 395 g/mol. The van der Waals surface area contributed by atoms with Crippen molar-refractivity contribution in [2.45, 2.75) is 6.42 Å². The molecule has 4 rings (SSSR count). The average Bonchev–Trinajstić information content (AvgIpc) is 3.19. The van der Waals surface area contributed by atoms with Crippen molar-refractivity contribution in [2.24, 2.45) is 0 Å². The van der Waals surface area contributed by atoms with E-state index in [1.807, 2.05) is 48.5 Å². The van der Waals surface area contributed by atoms with Gasteiger partial charge in [0.1, 0.15) is 11.6 Å². The molecule has 1 N–H and O–H groups in total. The summed E-state index contributed by atoms with van der Waals surface area (Å²) >= 11 is 1.42. The Labute approximate surface area is 172 Å². The zero-order valence-corrected chi connectivity index (χ0v) is 16.3. The van der Waals surface area contributed by atoms with Gasteiger partial charge in [0, 0.05) is 17.5 Å². The summed E-state index contributed by atoms with van der Waals surface area (Å²) in [6, 6.07) is 25.8. The zero-order chi connectivity index (χ0) is 20.1. The monoisotopic (exact) mass is 395 g/mol. The summed E-state index contributed by atoms with van der Waals surface area (Å²) in [5.74, 6) is -0.456. The van der Waals surface area contributed by atoms with Crippen molar-refractivity contribution in [3.8, 4) is 6.07 Å². The van der Waals surface area contributed by atoms with Crippen molar-refractivity contribution in [1.82, 2.24) is 4.98 Å². The Morgan fingerprint density at radius 1 is 1.03 bits per heavy atom. The number of nitrogens with zero attached hydrogens (tertiary/aromatic N) is 2. The first-order chi connectivity index (χ1) is 14.2. The molecule has 0 bridgehead atoms. The van der Waals surface area contributed by atoms with Gasteiger partial charge >= 0.3 is 0 Å². The Morgan fingerprint density at radius 3 is 2.62 bits per heavy atom. The van der Waals surface area contributed by atoms with Crippen LogP contribution in [0.4, 0.5) is 5.13 Å². The van der Waals surface area contributed by atoms with Crippen LogP contribution in [-0.4, -0.2) is 10.9 Å². The van der Waals surface area contributed by atoms with E-state index in [2.05, 4.69) is 40.6 Å². The number of nitriles is 1. The number of fused-ring (bicyclic) bond motifs is 1. The van der Waals surface area contributed by atoms with Crippen molar-refractivity contribution >= 4 is 39.2 Å². The molecule has 0 spiro atoms. The number of rotatable bonds is 5. The Morgan fingerprint density at radius 2 is 1.79 bits per heavy atom. The molecule has 0 atom stereocenters. The molecular weight excluding hydrogens is 378 g/mol. The Bertz CT molecular complexity index is 1230. The molecule has 0 radical (unpaired) electrons. The van der Waals surface area contributed by atoms with Gasteiger partial charge in [0.15, 0.2) is 5.13 Å². The SMILES string of the molecule is N#C/C(=C\c1ccccc1)C(=O)Nc1ncc(Cc2cccc3ccccc23)s1. The molecule has 1 heterocycles. The molecule has 3 aromatic carbocycles. The highest BCUT2D eigenvalue weighted by molar-refractivity contribution is 7.15. The van der Waals surface area contributed by atoms with Gasteiger partial charge < -0.3 is 0 Å². The van der Waals surface area contributed by atoms with Crippen molar-refractivity contribution in [1.29, 1.82) is 5.26 Å². The lowest BCUT2D eigenvalue weighted by atomic mass is 10.0. The molecule has 0 aliphatic heterocycles. The topological polar surface area (TPSA) is 65.8 Å². The summed E-state index contributed by atoms with van der Waals surface area (Å²) in [4.78, 5) is 17.8. The predicted octanol–water partition coefficient (Wildman–Crippen LogP) is 5.43. The number of aromatic nitrogens is 1. The minimum Gasteiger partial charge on any atom is -0.297 e. The standard InChI is InChI=1S/C24H17N3OS/c25-15-20(13-17-7-2-1-3-8-17)23(28)27-24-26-16-21(29-24)14-19-11-6-10-18-9-4-5-12-22(18)19/h1-13,16H,14H2,(H,26,27,28)/b20-13+. The van der Waals surface area contributed by atoms with E-state index in [1.165, 1.54) is 27.7 Å². The first-order valence-corrected chi connectivity index (χ1v) is 9.94. The molecule has 0 saturated carbocycles. The van der Waals surface area contributed by atoms with Gasteiger partial charge in [0.2, 0.25) is 0 Å². The summed E-state index contributed by atoms with van der Waals surface area (Å²) in [7, 11) is 0. The Kier molecular flexibility index (Phi) is 5.46. The van der Waals surface area contributed by atoms with E-state index >= 15 is 0 Å². The Hall–Kier alpha value is -3.75. The summed E-state index contributed by atoms with van der Waals surface area (Å²) in [5, 5.41) is 15.0. The van der Waals surface area contributed by atoms with Crippen LogP contribution in [-0.2, 0) is 11.2 Å². The lowest BCUT2D eigenvalue weighted by Crippen LogP contribution is -2.13. The van der Waals surface area contributed by atoms with Crippen LogP contribution in [0.15, 0.2) is 84.6 Å². The third-order valence-electron chi connectivity index (χ3n) is 4.49. The van der Waals surface area contributed by atoms with Gasteiger partial charge in [-0.3, -0.25) is 10.1 Å². The van der Waals surface area contributed by atoms with Gasteiger partial charge in [0.05, 0.1) is 0 Å². The molecule has 0 unspecified atom stereocenters. The fourth-order valence-corrected chi connectivity index (χ4v) is 3.94. The second kappa shape index (κ2) is 8.51. The van der Waals surface area contributed by atoms with E-state index in [9.17, 15) is 10.1 Å². The van der Waals surface area contributed by atoms with E-state index < -0.39 is 5.91 Å². The van der Waals surface area contributed by atoms with E-state index in [1.54, 1.807) is 12.3 Å². The first kappa shape index (κ1) is 18.6. The lowest BCUT2D eigenvalue weighted by molar-refractivity contribution is -0.112. The second-order valence-corrected chi connectivity index (χ2v) is 7.60. The number of amides is 1. The number of carbonyl (C=O) groups is 1. The van der Waals surface area contributed by atoms with Crippen LogP contribution in [0.3, 0.4) is 0 Å². The van der Waals surface area contributed by atoms with Crippen molar-refractivity contribution < 1.29 is 4.79 Å². The number of hydrogen-bond donors (Lipinski definition) is 1. The van der Waals surface area contributed by atoms with Gasteiger partial charge in [-0.2, -0.15) is 5.26 Å². The number of carbonyl (C=O) groups excluding carboxylic acids is 1. The highest BCUT2D eigenvalue weighted by atomic mass is 32.1. The highest BCUT2D eigenvalue weighted by Crippen LogP contribution is 2.26. The van der Waals surface area contributed by atoms with Crippen LogP contribution < -0.4 is 5.32 Å². The molecule has 0 fully saturated rings. The molecule has 5 heteroatoms. The fourth-order valence-electron chi connectivity index (χ4n) is 3.11. The molecule has 1 amide bonds. The van der Waals surface area contributed by atoms with Crippen molar-refractivity contribution in [3.05, 3.63) is 101 Å². The number of thiazole rings is 1.